The first kappa shape index (κ1) is 6.09. The van der Waals surface area contributed by atoms with Crippen LogP contribution in [0.15, 0.2) is 0 Å². The van der Waals surface area contributed by atoms with Crippen LogP contribution in [-0.4, -0.2) is 13.1 Å². The van der Waals surface area contributed by atoms with Crippen molar-refractivity contribution < 1.29 is 0 Å². The van der Waals surface area contributed by atoms with Crippen LogP contribution < -0.4 is 5.32 Å². The standard InChI is InChI=1S/C7H15N/c1-6-4-3-5-7(6)8-2/h6-8H,3-5H2,1-2H3/t6-,7?/m0/s1. The molecule has 1 saturated carbocycles. The lowest BCUT2D eigenvalue weighted by molar-refractivity contribution is 0.459. The van der Waals surface area contributed by atoms with E-state index in [0.717, 1.165) is 12.0 Å². The van der Waals surface area contributed by atoms with Crippen LogP contribution >= 0.6 is 0 Å². The van der Waals surface area contributed by atoms with Crippen LogP contribution in [0.2, 0.25) is 0 Å². The first-order chi connectivity index (χ1) is 3.84. The van der Waals surface area contributed by atoms with E-state index < -0.39 is 0 Å². The maximum Gasteiger partial charge on any atom is 0.00896 e. The van der Waals surface area contributed by atoms with Gasteiger partial charge in [0.05, 0.1) is 0 Å². The summed E-state index contributed by atoms with van der Waals surface area (Å²) in [6, 6.07) is 0.815. The number of nitrogens with one attached hydrogen (secondary N) is 1. The van der Waals surface area contributed by atoms with Crippen molar-refractivity contribution in [2.45, 2.75) is 32.2 Å². The van der Waals surface area contributed by atoms with Gasteiger partial charge in [0, 0.05) is 6.04 Å². The first-order valence-corrected chi connectivity index (χ1v) is 3.52. The van der Waals surface area contributed by atoms with Crippen LogP contribution in [0.1, 0.15) is 26.2 Å². The molecule has 0 bridgehead atoms. The average molecular weight is 113 g/mol. The minimum Gasteiger partial charge on any atom is -0.317 e. The predicted octanol–water partition coefficient (Wildman–Crippen LogP) is 1.39. The van der Waals surface area contributed by atoms with E-state index in [-0.39, 0.29) is 0 Å². The third-order valence-corrected chi connectivity index (χ3v) is 2.23. The Kier molecular flexibility index (Phi) is 1.90. The second-order valence-electron chi connectivity index (χ2n) is 2.80. The van der Waals surface area contributed by atoms with Gasteiger partial charge in [-0.05, 0) is 25.8 Å². The van der Waals surface area contributed by atoms with Gasteiger partial charge in [-0.15, -0.1) is 0 Å². The lowest BCUT2D eigenvalue weighted by Crippen LogP contribution is -2.26. The van der Waals surface area contributed by atoms with E-state index in [2.05, 4.69) is 19.3 Å². The molecule has 1 nitrogen and oxygen atoms in total. The molecule has 2 atom stereocenters. The molecule has 1 aliphatic carbocycles. The fraction of sp³-hybridized carbons (Fsp3) is 1.00. The van der Waals surface area contributed by atoms with Crippen molar-refractivity contribution in [1.82, 2.24) is 5.32 Å². The minimum absolute atomic E-state index is 0.815. The third-order valence-electron chi connectivity index (χ3n) is 2.23. The van der Waals surface area contributed by atoms with Crippen molar-refractivity contribution in [3.8, 4) is 0 Å². The van der Waals surface area contributed by atoms with Gasteiger partial charge >= 0.3 is 0 Å². The van der Waals surface area contributed by atoms with Crippen molar-refractivity contribution >= 4 is 0 Å². The summed E-state index contributed by atoms with van der Waals surface area (Å²) in [6.07, 6.45) is 4.23. The van der Waals surface area contributed by atoms with Crippen LogP contribution in [-0.2, 0) is 0 Å². The van der Waals surface area contributed by atoms with Gasteiger partial charge in [-0.2, -0.15) is 0 Å². The molecule has 1 unspecified atom stereocenters. The maximum absolute atomic E-state index is 3.31. The van der Waals surface area contributed by atoms with Crippen LogP contribution in [0.4, 0.5) is 0 Å². The Bertz CT molecular complexity index is 70.8. The van der Waals surface area contributed by atoms with Gasteiger partial charge in [0.2, 0.25) is 0 Å². The Labute approximate surface area is 51.5 Å². The zero-order valence-corrected chi connectivity index (χ0v) is 5.78. The summed E-state index contributed by atoms with van der Waals surface area (Å²) >= 11 is 0. The normalized spacial score (nSPS) is 38.2. The molecular weight excluding hydrogens is 98.1 g/mol. The van der Waals surface area contributed by atoms with Crippen molar-refractivity contribution in [2.75, 3.05) is 7.05 Å². The molecule has 0 amide bonds. The van der Waals surface area contributed by atoms with Gasteiger partial charge in [-0.3, -0.25) is 0 Å². The molecule has 0 aromatic carbocycles. The number of rotatable bonds is 1. The highest BCUT2D eigenvalue weighted by molar-refractivity contribution is 4.78. The molecule has 48 valence electrons. The third kappa shape index (κ3) is 1.03. The average Bonchev–Trinajstić information content (AvgIpc) is 2.14. The molecule has 0 aromatic rings. The van der Waals surface area contributed by atoms with Gasteiger partial charge < -0.3 is 5.32 Å². The Morgan fingerprint density at radius 1 is 1.38 bits per heavy atom. The fourth-order valence-electron chi connectivity index (χ4n) is 1.57. The van der Waals surface area contributed by atoms with Crippen LogP contribution in [0.5, 0.6) is 0 Å². The van der Waals surface area contributed by atoms with Gasteiger partial charge in [-0.1, -0.05) is 13.3 Å². The van der Waals surface area contributed by atoms with E-state index in [9.17, 15) is 0 Å². The molecule has 1 fully saturated rings. The van der Waals surface area contributed by atoms with Crippen molar-refractivity contribution in [3.05, 3.63) is 0 Å². The molecule has 1 rings (SSSR count). The molecule has 0 radical (unpaired) electrons. The van der Waals surface area contributed by atoms with E-state index in [4.69, 9.17) is 0 Å². The van der Waals surface area contributed by atoms with Gasteiger partial charge in [0.1, 0.15) is 0 Å². The van der Waals surface area contributed by atoms with Crippen molar-refractivity contribution in [3.63, 3.8) is 0 Å². The number of hydrogen-bond donors (Lipinski definition) is 1. The number of hydrogen-bond acceptors (Lipinski definition) is 1. The van der Waals surface area contributed by atoms with Crippen LogP contribution in [0, 0.1) is 5.92 Å². The van der Waals surface area contributed by atoms with E-state index in [1.165, 1.54) is 19.3 Å². The first-order valence-electron chi connectivity index (χ1n) is 3.52. The molecule has 0 spiro atoms. The molecule has 0 saturated heterocycles. The lowest BCUT2D eigenvalue weighted by Gasteiger charge is -2.12. The van der Waals surface area contributed by atoms with Crippen LogP contribution in [0.3, 0.4) is 0 Å². The SMILES string of the molecule is CNC1CCC[C@@H]1C. The molecule has 0 aliphatic heterocycles. The van der Waals surface area contributed by atoms with E-state index in [0.29, 0.717) is 0 Å². The Balaban J connectivity index is 2.30. The van der Waals surface area contributed by atoms with Crippen molar-refractivity contribution in [2.24, 2.45) is 5.92 Å². The summed E-state index contributed by atoms with van der Waals surface area (Å²) in [5, 5.41) is 3.31. The topological polar surface area (TPSA) is 12.0 Å². The second kappa shape index (κ2) is 2.49. The Morgan fingerprint density at radius 3 is 2.38 bits per heavy atom. The molecule has 1 heteroatoms. The van der Waals surface area contributed by atoms with Gasteiger partial charge in [-0.25, -0.2) is 0 Å². The zero-order chi connectivity index (χ0) is 5.98. The summed E-state index contributed by atoms with van der Waals surface area (Å²) in [5.74, 6) is 0.917. The van der Waals surface area contributed by atoms with Crippen molar-refractivity contribution in [1.29, 1.82) is 0 Å². The molecule has 1 aliphatic rings. The Morgan fingerprint density at radius 2 is 2.12 bits per heavy atom. The summed E-state index contributed by atoms with van der Waals surface area (Å²) in [5.41, 5.74) is 0. The molecule has 8 heavy (non-hydrogen) atoms. The quantitative estimate of drug-likeness (QED) is 0.542. The molecule has 0 heterocycles. The molecule has 1 N–H and O–H groups in total. The molecule has 0 aromatic heterocycles. The van der Waals surface area contributed by atoms with E-state index >= 15 is 0 Å². The largest absolute Gasteiger partial charge is 0.317 e. The van der Waals surface area contributed by atoms with Crippen LogP contribution in [0.25, 0.3) is 0 Å². The fourth-order valence-corrected chi connectivity index (χ4v) is 1.57. The predicted molar refractivity (Wildman–Crippen MR) is 35.9 cm³/mol. The summed E-state index contributed by atoms with van der Waals surface area (Å²) < 4.78 is 0. The highest BCUT2D eigenvalue weighted by atomic mass is 14.9. The van der Waals surface area contributed by atoms with Gasteiger partial charge in [0.25, 0.3) is 0 Å². The smallest absolute Gasteiger partial charge is 0.00896 e. The summed E-state index contributed by atoms with van der Waals surface area (Å²) in [7, 11) is 2.06. The molecular formula is C7H15N. The highest BCUT2D eigenvalue weighted by Crippen LogP contribution is 2.23. The highest BCUT2D eigenvalue weighted by Gasteiger charge is 2.20. The summed E-state index contributed by atoms with van der Waals surface area (Å²) in [4.78, 5) is 0. The maximum atomic E-state index is 3.31. The zero-order valence-electron chi connectivity index (χ0n) is 5.78. The monoisotopic (exact) mass is 113 g/mol. The minimum atomic E-state index is 0.815. The van der Waals surface area contributed by atoms with E-state index in [1.807, 2.05) is 0 Å². The van der Waals surface area contributed by atoms with Gasteiger partial charge in [0.15, 0.2) is 0 Å². The lowest BCUT2D eigenvalue weighted by atomic mass is 10.1. The second-order valence-corrected chi connectivity index (χ2v) is 2.80. The van der Waals surface area contributed by atoms with E-state index in [1.54, 1.807) is 0 Å². The Hall–Kier alpha value is -0.0400. The summed E-state index contributed by atoms with van der Waals surface area (Å²) in [6.45, 7) is 2.33.